The summed E-state index contributed by atoms with van der Waals surface area (Å²) in [4.78, 5) is 13.4. The van der Waals surface area contributed by atoms with Gasteiger partial charge in [0.2, 0.25) is 0 Å². The van der Waals surface area contributed by atoms with Gasteiger partial charge in [0, 0.05) is 45.0 Å². The van der Waals surface area contributed by atoms with Gasteiger partial charge in [-0.05, 0) is 36.8 Å². The number of nitriles is 1. The number of piperazine rings is 1. The second-order valence-electron chi connectivity index (χ2n) is 8.07. The Morgan fingerprint density at radius 3 is 2.66 bits per heavy atom. The van der Waals surface area contributed by atoms with Crippen LogP contribution in [0.15, 0.2) is 59.4 Å². The van der Waals surface area contributed by atoms with Crippen molar-refractivity contribution >= 4 is 17.1 Å². The van der Waals surface area contributed by atoms with Gasteiger partial charge in [0.25, 0.3) is 6.01 Å². The summed E-state index contributed by atoms with van der Waals surface area (Å²) in [7, 11) is 0. The van der Waals surface area contributed by atoms with E-state index in [0.29, 0.717) is 22.7 Å². The van der Waals surface area contributed by atoms with E-state index < -0.39 is 0 Å². The molecule has 5 rings (SSSR count). The maximum Gasteiger partial charge on any atom is 0.298 e. The SMILES string of the molecule is C[C@H](c1ccc(C#N)cc1)n1cncc1CN1CCN(c2nc3ccc(F)cc3o2)CC1. The van der Waals surface area contributed by atoms with Crippen LogP contribution in [0.2, 0.25) is 0 Å². The third-order valence-corrected chi connectivity index (χ3v) is 6.05. The molecule has 0 amide bonds. The summed E-state index contributed by atoms with van der Waals surface area (Å²) in [5.41, 5.74) is 4.09. The van der Waals surface area contributed by atoms with E-state index in [0.717, 1.165) is 44.0 Å². The number of halogens is 1. The van der Waals surface area contributed by atoms with E-state index in [1.165, 1.54) is 12.1 Å². The number of imidazole rings is 1. The lowest BCUT2D eigenvalue weighted by molar-refractivity contribution is 0.239. The molecule has 1 saturated heterocycles. The Balaban J connectivity index is 1.24. The number of rotatable bonds is 5. The predicted octanol–water partition coefficient (Wildman–Crippen LogP) is 3.97. The highest BCUT2D eigenvalue weighted by Crippen LogP contribution is 2.25. The highest BCUT2D eigenvalue weighted by molar-refractivity contribution is 5.74. The molecule has 7 nitrogen and oxygen atoms in total. The summed E-state index contributed by atoms with van der Waals surface area (Å²) in [6.45, 7) is 6.24. The second kappa shape index (κ2) is 8.44. The second-order valence-corrected chi connectivity index (χ2v) is 8.07. The van der Waals surface area contributed by atoms with Gasteiger partial charge in [-0.3, -0.25) is 4.90 Å². The van der Waals surface area contributed by atoms with Gasteiger partial charge in [-0.15, -0.1) is 0 Å². The first kappa shape index (κ1) is 20.2. The minimum atomic E-state index is -0.322. The Labute approximate surface area is 185 Å². The molecule has 0 unspecified atom stereocenters. The normalized spacial score (nSPS) is 15.7. The first-order valence-electron chi connectivity index (χ1n) is 10.6. The van der Waals surface area contributed by atoms with Crippen LogP contribution in [-0.2, 0) is 6.54 Å². The predicted molar refractivity (Wildman–Crippen MR) is 119 cm³/mol. The molecule has 2 aromatic heterocycles. The van der Waals surface area contributed by atoms with Crippen LogP contribution in [0, 0.1) is 17.1 Å². The Hall–Kier alpha value is -3.70. The van der Waals surface area contributed by atoms with Crippen molar-refractivity contribution in [3.8, 4) is 6.07 Å². The number of anilines is 1. The molecule has 0 radical (unpaired) electrons. The van der Waals surface area contributed by atoms with Crippen LogP contribution in [0.5, 0.6) is 0 Å². The van der Waals surface area contributed by atoms with Gasteiger partial charge in [-0.1, -0.05) is 12.1 Å². The van der Waals surface area contributed by atoms with Crippen molar-refractivity contribution in [1.82, 2.24) is 19.4 Å². The van der Waals surface area contributed by atoms with Crippen LogP contribution in [0.3, 0.4) is 0 Å². The maximum atomic E-state index is 13.4. The summed E-state index contributed by atoms with van der Waals surface area (Å²) >= 11 is 0. The molecule has 1 fully saturated rings. The van der Waals surface area contributed by atoms with Crippen LogP contribution in [0.25, 0.3) is 11.1 Å². The summed E-state index contributed by atoms with van der Waals surface area (Å²) in [5.74, 6) is -0.322. The molecular weight excluding hydrogens is 407 g/mol. The smallest absolute Gasteiger partial charge is 0.298 e. The molecule has 162 valence electrons. The number of fused-ring (bicyclic) bond motifs is 1. The molecule has 2 aromatic carbocycles. The topological polar surface area (TPSA) is 74.1 Å². The number of hydrogen-bond donors (Lipinski definition) is 0. The van der Waals surface area contributed by atoms with Crippen molar-refractivity contribution < 1.29 is 8.81 Å². The highest BCUT2D eigenvalue weighted by atomic mass is 19.1. The van der Waals surface area contributed by atoms with Crippen molar-refractivity contribution in [3.05, 3.63) is 77.6 Å². The van der Waals surface area contributed by atoms with E-state index in [-0.39, 0.29) is 11.9 Å². The van der Waals surface area contributed by atoms with Gasteiger partial charge in [0.05, 0.1) is 29.7 Å². The van der Waals surface area contributed by atoms with E-state index in [4.69, 9.17) is 9.68 Å². The largest absolute Gasteiger partial charge is 0.423 e. The maximum absolute atomic E-state index is 13.4. The monoisotopic (exact) mass is 430 g/mol. The van der Waals surface area contributed by atoms with Gasteiger partial charge in [-0.2, -0.15) is 10.2 Å². The molecule has 0 N–H and O–H groups in total. The molecular formula is C24H23FN6O. The average Bonchev–Trinajstić information content (AvgIpc) is 3.46. The molecule has 0 spiro atoms. The lowest BCUT2D eigenvalue weighted by atomic mass is 10.1. The van der Waals surface area contributed by atoms with E-state index in [9.17, 15) is 4.39 Å². The van der Waals surface area contributed by atoms with Crippen LogP contribution < -0.4 is 4.90 Å². The molecule has 1 atom stereocenters. The van der Waals surface area contributed by atoms with Crippen molar-refractivity contribution in [3.63, 3.8) is 0 Å². The van der Waals surface area contributed by atoms with Crippen molar-refractivity contribution in [2.24, 2.45) is 0 Å². The fourth-order valence-corrected chi connectivity index (χ4v) is 4.15. The average molecular weight is 430 g/mol. The number of hydrogen-bond acceptors (Lipinski definition) is 6. The van der Waals surface area contributed by atoms with Crippen LogP contribution in [0.4, 0.5) is 10.4 Å². The summed E-state index contributed by atoms with van der Waals surface area (Å²) < 4.78 is 21.4. The van der Waals surface area contributed by atoms with Crippen molar-refractivity contribution in [2.45, 2.75) is 19.5 Å². The molecule has 1 aliphatic heterocycles. The Kier molecular flexibility index (Phi) is 5.33. The van der Waals surface area contributed by atoms with E-state index in [1.807, 2.05) is 36.8 Å². The van der Waals surface area contributed by atoms with E-state index in [2.05, 4.69) is 37.3 Å². The highest BCUT2D eigenvalue weighted by Gasteiger charge is 2.23. The first-order valence-corrected chi connectivity index (χ1v) is 10.6. The molecule has 1 aliphatic rings. The Bertz CT molecular complexity index is 1260. The van der Waals surface area contributed by atoms with Crippen molar-refractivity contribution in [2.75, 3.05) is 31.1 Å². The lowest BCUT2D eigenvalue weighted by Crippen LogP contribution is -2.46. The van der Waals surface area contributed by atoms with Crippen molar-refractivity contribution in [1.29, 1.82) is 5.26 Å². The van der Waals surface area contributed by atoms with Crippen LogP contribution in [-0.4, -0.2) is 45.6 Å². The molecule has 8 heteroatoms. The molecule has 0 saturated carbocycles. The third-order valence-electron chi connectivity index (χ3n) is 6.05. The molecule has 4 aromatic rings. The third kappa shape index (κ3) is 3.95. The van der Waals surface area contributed by atoms with Crippen LogP contribution in [0.1, 0.15) is 29.8 Å². The van der Waals surface area contributed by atoms with Crippen LogP contribution >= 0.6 is 0 Å². The minimum absolute atomic E-state index is 0.127. The molecule has 0 aliphatic carbocycles. The fourth-order valence-electron chi connectivity index (χ4n) is 4.15. The Morgan fingerprint density at radius 1 is 1.12 bits per heavy atom. The van der Waals surface area contributed by atoms with E-state index in [1.54, 1.807) is 6.07 Å². The van der Waals surface area contributed by atoms with Gasteiger partial charge in [-0.25, -0.2) is 9.37 Å². The molecule has 3 heterocycles. The fraction of sp³-hybridized carbons (Fsp3) is 0.292. The number of benzene rings is 2. The quantitative estimate of drug-likeness (QED) is 0.477. The number of aromatic nitrogens is 3. The molecule has 0 bridgehead atoms. The van der Waals surface area contributed by atoms with Gasteiger partial charge < -0.3 is 13.9 Å². The zero-order valence-electron chi connectivity index (χ0n) is 17.8. The zero-order chi connectivity index (χ0) is 22.1. The summed E-state index contributed by atoms with van der Waals surface area (Å²) in [6.07, 6.45) is 3.79. The number of nitrogens with zero attached hydrogens (tertiary/aromatic N) is 6. The number of oxazole rings is 1. The van der Waals surface area contributed by atoms with E-state index >= 15 is 0 Å². The summed E-state index contributed by atoms with van der Waals surface area (Å²) in [6, 6.07) is 14.9. The zero-order valence-corrected chi connectivity index (χ0v) is 17.8. The minimum Gasteiger partial charge on any atom is -0.423 e. The first-order chi connectivity index (χ1) is 15.6. The summed E-state index contributed by atoms with van der Waals surface area (Å²) in [5, 5.41) is 9.02. The standard InChI is InChI=1S/C24H23FN6O/c1-17(19-4-2-18(13-26)3-5-19)31-16-27-14-21(31)15-29-8-10-30(11-9-29)24-28-22-7-6-20(25)12-23(22)32-24/h2-7,12,14,16-17H,8-11,15H2,1H3/t17-/m1/s1. The molecule has 32 heavy (non-hydrogen) atoms. The van der Waals surface area contributed by atoms with Gasteiger partial charge in [0.15, 0.2) is 5.58 Å². The Morgan fingerprint density at radius 2 is 1.91 bits per heavy atom. The van der Waals surface area contributed by atoms with Gasteiger partial charge in [0.1, 0.15) is 11.3 Å². The van der Waals surface area contributed by atoms with Gasteiger partial charge >= 0.3 is 0 Å². The lowest BCUT2D eigenvalue weighted by Gasteiger charge is -2.34.